The quantitative estimate of drug-likeness (QED) is 0.196. The van der Waals surface area contributed by atoms with Gasteiger partial charge >= 0.3 is 5.91 Å². The number of aliphatic hydroxyl groups is 1. The molecule has 0 saturated carbocycles. The van der Waals surface area contributed by atoms with Crippen molar-refractivity contribution in [3.8, 4) is 0 Å². The Bertz CT molecular complexity index is 1560. The van der Waals surface area contributed by atoms with Gasteiger partial charge in [0.05, 0.1) is 27.9 Å². The van der Waals surface area contributed by atoms with Gasteiger partial charge in [0.1, 0.15) is 11.3 Å². The second-order valence-electron chi connectivity index (χ2n) is 8.52. The number of thiazole rings is 1. The first-order chi connectivity index (χ1) is 16.7. The number of fused-ring (bicyclic) bond motifs is 1. The summed E-state index contributed by atoms with van der Waals surface area (Å²) in [7, 11) is 0. The predicted molar refractivity (Wildman–Crippen MR) is 133 cm³/mol. The van der Waals surface area contributed by atoms with Crippen LogP contribution < -0.4 is 4.90 Å². The third-order valence-corrected chi connectivity index (χ3v) is 7.33. The van der Waals surface area contributed by atoms with Crippen LogP contribution in [-0.4, -0.2) is 36.9 Å². The van der Waals surface area contributed by atoms with Crippen LogP contribution in [0.2, 0.25) is 0 Å². The Kier molecular flexibility index (Phi) is 5.36. The van der Waals surface area contributed by atoms with E-state index in [-0.39, 0.29) is 22.2 Å². The van der Waals surface area contributed by atoms with Crippen LogP contribution in [0.4, 0.5) is 5.13 Å². The number of Topliss-reactive ketones (excluding diaryl/α,β-unsaturated/α-hetero) is 2. The van der Waals surface area contributed by atoms with Gasteiger partial charge in [-0.25, -0.2) is 9.97 Å². The number of aromatic nitrogens is 3. The molecule has 1 aromatic carbocycles. The molecule has 8 nitrogen and oxygen atoms in total. The zero-order valence-electron chi connectivity index (χ0n) is 19.6. The third kappa shape index (κ3) is 3.55. The zero-order valence-corrected chi connectivity index (χ0v) is 20.4. The minimum atomic E-state index is -0.922. The lowest BCUT2D eigenvalue weighted by Crippen LogP contribution is -2.29. The maximum Gasteiger partial charge on any atom is 0.301 e. The van der Waals surface area contributed by atoms with E-state index in [1.54, 1.807) is 36.6 Å². The fourth-order valence-electron chi connectivity index (χ4n) is 4.43. The van der Waals surface area contributed by atoms with Crippen molar-refractivity contribution in [3.05, 3.63) is 87.3 Å². The van der Waals surface area contributed by atoms with Crippen LogP contribution in [-0.2, 0) is 9.59 Å². The number of aliphatic hydroxyl groups excluding tert-OH is 1. The molecule has 1 N–H and O–H groups in total. The van der Waals surface area contributed by atoms with E-state index < -0.39 is 17.7 Å². The molecule has 1 fully saturated rings. The number of anilines is 1. The van der Waals surface area contributed by atoms with Gasteiger partial charge in [0.25, 0.3) is 5.78 Å². The van der Waals surface area contributed by atoms with Crippen molar-refractivity contribution >= 4 is 45.3 Å². The van der Waals surface area contributed by atoms with Crippen molar-refractivity contribution in [1.29, 1.82) is 0 Å². The van der Waals surface area contributed by atoms with E-state index in [0.29, 0.717) is 33.2 Å². The third-order valence-electron chi connectivity index (χ3n) is 6.08. The Balaban J connectivity index is 1.78. The maximum atomic E-state index is 13.4. The molecule has 176 valence electrons. The first-order valence-corrected chi connectivity index (χ1v) is 11.8. The van der Waals surface area contributed by atoms with E-state index in [0.717, 1.165) is 16.9 Å². The van der Waals surface area contributed by atoms with Gasteiger partial charge in [0, 0.05) is 13.1 Å². The molecule has 1 atom stereocenters. The largest absolute Gasteiger partial charge is 0.505 e. The Hall–Kier alpha value is -4.11. The van der Waals surface area contributed by atoms with Gasteiger partial charge in [-0.05, 0) is 38.5 Å². The summed E-state index contributed by atoms with van der Waals surface area (Å²) in [4.78, 5) is 49.5. The van der Waals surface area contributed by atoms with Crippen molar-refractivity contribution in [1.82, 2.24) is 14.4 Å². The molecule has 1 aliphatic heterocycles. The Morgan fingerprint density at radius 1 is 1.00 bits per heavy atom. The summed E-state index contributed by atoms with van der Waals surface area (Å²) >= 11 is 1.06. The van der Waals surface area contributed by atoms with Crippen LogP contribution in [0, 0.1) is 20.8 Å². The standard InChI is InChI=1S/C26H22N4O4S/c1-13-8-10-17(11-9-13)21-19(22(32)20-14(2)27-18-7-5-6-12-29(18)20)23(33)25(34)30(21)26-28-15(3)24(35-26)16(4)31/h5-12,21,32H,1-4H3. The number of aryl methyl sites for hydroxylation is 3. The highest BCUT2D eigenvalue weighted by Gasteiger charge is 2.48. The molecule has 1 saturated heterocycles. The molecule has 4 heterocycles. The van der Waals surface area contributed by atoms with E-state index in [1.165, 1.54) is 11.8 Å². The monoisotopic (exact) mass is 486 g/mol. The van der Waals surface area contributed by atoms with Gasteiger partial charge in [-0.1, -0.05) is 47.2 Å². The van der Waals surface area contributed by atoms with Crippen molar-refractivity contribution in [2.24, 2.45) is 0 Å². The topological polar surface area (TPSA) is 105 Å². The molecule has 0 bridgehead atoms. The minimum Gasteiger partial charge on any atom is -0.505 e. The number of rotatable bonds is 4. The highest BCUT2D eigenvalue weighted by atomic mass is 32.1. The summed E-state index contributed by atoms with van der Waals surface area (Å²) in [6.45, 7) is 6.80. The van der Waals surface area contributed by atoms with E-state index >= 15 is 0 Å². The molecular weight excluding hydrogens is 464 g/mol. The average Bonchev–Trinajstić information content (AvgIpc) is 3.45. The summed E-state index contributed by atoms with van der Waals surface area (Å²) in [6.07, 6.45) is 1.74. The molecule has 5 rings (SSSR count). The van der Waals surface area contributed by atoms with Gasteiger partial charge in [-0.15, -0.1) is 0 Å². The Labute approximate surface area is 205 Å². The van der Waals surface area contributed by atoms with Gasteiger partial charge < -0.3 is 5.11 Å². The average molecular weight is 487 g/mol. The summed E-state index contributed by atoms with van der Waals surface area (Å²) in [5.41, 5.74) is 3.55. The highest BCUT2D eigenvalue weighted by Crippen LogP contribution is 2.44. The Morgan fingerprint density at radius 2 is 1.71 bits per heavy atom. The van der Waals surface area contributed by atoms with Gasteiger partial charge in [0.15, 0.2) is 16.7 Å². The lowest BCUT2D eigenvalue weighted by molar-refractivity contribution is -0.132. The number of benzene rings is 1. The van der Waals surface area contributed by atoms with Crippen LogP contribution in [0.3, 0.4) is 0 Å². The molecule has 0 radical (unpaired) electrons. The zero-order chi connectivity index (χ0) is 25.0. The van der Waals surface area contributed by atoms with Gasteiger partial charge in [-0.3, -0.25) is 23.7 Å². The number of carbonyl (C=O) groups is 3. The van der Waals surface area contributed by atoms with Crippen molar-refractivity contribution in [2.75, 3.05) is 4.90 Å². The number of carbonyl (C=O) groups excluding carboxylic acids is 3. The van der Waals surface area contributed by atoms with Gasteiger partial charge in [0.2, 0.25) is 0 Å². The first kappa shape index (κ1) is 22.7. The molecule has 0 aliphatic carbocycles. The lowest BCUT2D eigenvalue weighted by atomic mass is 9.96. The van der Waals surface area contributed by atoms with E-state index in [4.69, 9.17) is 0 Å². The highest BCUT2D eigenvalue weighted by molar-refractivity contribution is 7.18. The summed E-state index contributed by atoms with van der Waals surface area (Å²) in [6, 6.07) is 11.9. The SMILES string of the molecule is CC(=O)c1sc(N2C(=O)C(=O)C(=C(O)c3c(C)nc4ccccn34)C2c2ccc(C)cc2)nc1C. The normalized spacial score (nSPS) is 17.5. The number of hydrogen-bond donors (Lipinski definition) is 1. The first-order valence-electron chi connectivity index (χ1n) is 11.0. The van der Waals surface area contributed by atoms with Crippen LogP contribution in [0.15, 0.2) is 54.2 Å². The molecule has 9 heteroatoms. The summed E-state index contributed by atoms with van der Waals surface area (Å²) < 4.78 is 1.69. The fourth-order valence-corrected chi connectivity index (χ4v) is 5.42. The van der Waals surface area contributed by atoms with Crippen LogP contribution in [0.1, 0.15) is 50.8 Å². The molecule has 4 aromatic rings. The molecule has 1 aliphatic rings. The molecule has 0 spiro atoms. The number of amides is 1. The molecule has 3 aromatic heterocycles. The lowest BCUT2D eigenvalue weighted by Gasteiger charge is -2.23. The Morgan fingerprint density at radius 3 is 2.37 bits per heavy atom. The number of pyridine rings is 1. The fraction of sp³-hybridized carbons (Fsp3) is 0.192. The second kappa shape index (κ2) is 8.28. The smallest absolute Gasteiger partial charge is 0.301 e. The van der Waals surface area contributed by atoms with E-state index in [1.807, 2.05) is 37.3 Å². The van der Waals surface area contributed by atoms with Crippen molar-refractivity contribution in [3.63, 3.8) is 0 Å². The number of hydrogen-bond acceptors (Lipinski definition) is 7. The van der Waals surface area contributed by atoms with Crippen LogP contribution in [0.25, 0.3) is 11.4 Å². The predicted octanol–water partition coefficient (Wildman–Crippen LogP) is 4.54. The minimum absolute atomic E-state index is 0.0511. The van der Waals surface area contributed by atoms with Crippen LogP contribution >= 0.6 is 11.3 Å². The molecule has 1 unspecified atom stereocenters. The van der Waals surface area contributed by atoms with E-state index in [9.17, 15) is 19.5 Å². The molecule has 1 amide bonds. The summed E-state index contributed by atoms with van der Waals surface area (Å²) in [5, 5.41) is 11.8. The van der Waals surface area contributed by atoms with Crippen molar-refractivity contribution in [2.45, 2.75) is 33.7 Å². The van der Waals surface area contributed by atoms with Gasteiger partial charge in [-0.2, -0.15) is 0 Å². The summed E-state index contributed by atoms with van der Waals surface area (Å²) in [5.74, 6) is -2.12. The van der Waals surface area contributed by atoms with E-state index in [2.05, 4.69) is 9.97 Å². The van der Waals surface area contributed by atoms with Crippen LogP contribution in [0.5, 0.6) is 0 Å². The maximum absolute atomic E-state index is 13.4. The number of imidazole rings is 1. The molecule has 35 heavy (non-hydrogen) atoms. The number of ketones is 2. The second-order valence-corrected chi connectivity index (χ2v) is 9.50. The molecular formula is C26H22N4O4S. The number of nitrogens with zero attached hydrogens (tertiary/aromatic N) is 4. The van der Waals surface area contributed by atoms with Crippen molar-refractivity contribution < 1.29 is 19.5 Å².